The van der Waals surface area contributed by atoms with E-state index in [1.165, 1.54) is 9.75 Å². The number of hydrogen-bond acceptors (Lipinski definition) is 4. The van der Waals surface area contributed by atoms with E-state index >= 15 is 0 Å². The fourth-order valence-corrected chi connectivity index (χ4v) is 3.11. The molecule has 0 radical (unpaired) electrons. The highest BCUT2D eigenvalue weighted by atomic mass is 79.9. The molecule has 0 amide bonds. The van der Waals surface area contributed by atoms with Crippen LogP contribution in [0.4, 0.5) is 0 Å². The highest BCUT2D eigenvalue weighted by molar-refractivity contribution is 9.11. The normalized spacial score (nSPS) is 10.6. The van der Waals surface area contributed by atoms with Gasteiger partial charge in [-0.1, -0.05) is 28.6 Å². The molecule has 16 heavy (non-hydrogen) atoms. The van der Waals surface area contributed by atoms with Gasteiger partial charge in [-0.25, -0.2) is 4.98 Å². The molecule has 0 atom stereocenters. The molecule has 1 N–H and O–H groups in total. The summed E-state index contributed by atoms with van der Waals surface area (Å²) in [6.45, 7) is 5.40. The second kappa shape index (κ2) is 5.72. The summed E-state index contributed by atoms with van der Waals surface area (Å²) in [5, 5.41) is 6.46. The number of aromatic nitrogens is 1. The Labute approximate surface area is 111 Å². The van der Waals surface area contributed by atoms with Gasteiger partial charge in [-0.3, -0.25) is 0 Å². The second-order valence-electron chi connectivity index (χ2n) is 3.23. The molecule has 84 valence electrons. The molecule has 5 heteroatoms. The molecular formula is C11H11BrN2S2. The summed E-state index contributed by atoms with van der Waals surface area (Å²) in [6.07, 6.45) is 1.93. The van der Waals surface area contributed by atoms with Gasteiger partial charge in [0.05, 0.1) is 4.88 Å². The summed E-state index contributed by atoms with van der Waals surface area (Å²) in [7, 11) is 0. The van der Waals surface area contributed by atoms with Crippen molar-refractivity contribution in [2.75, 3.05) is 6.54 Å². The zero-order chi connectivity index (χ0) is 11.4. The van der Waals surface area contributed by atoms with E-state index in [0.717, 1.165) is 22.6 Å². The molecule has 0 aliphatic carbocycles. The van der Waals surface area contributed by atoms with Gasteiger partial charge in [0.25, 0.3) is 0 Å². The summed E-state index contributed by atoms with van der Waals surface area (Å²) in [5.41, 5.74) is 0. The fourth-order valence-electron chi connectivity index (χ4n) is 1.22. The molecule has 0 aliphatic heterocycles. The lowest BCUT2D eigenvalue weighted by atomic mass is 10.5. The van der Waals surface area contributed by atoms with Gasteiger partial charge in [-0.15, -0.1) is 22.7 Å². The molecule has 0 aromatic carbocycles. The molecule has 0 spiro atoms. The Morgan fingerprint density at radius 3 is 3.12 bits per heavy atom. The molecule has 0 unspecified atom stereocenters. The molecule has 0 saturated carbocycles. The lowest BCUT2D eigenvalue weighted by Gasteiger charge is -1.99. The number of rotatable bonds is 5. The number of halogens is 1. The fraction of sp³-hybridized carbons (Fsp3) is 0.182. The van der Waals surface area contributed by atoms with Gasteiger partial charge in [0, 0.05) is 28.6 Å². The maximum atomic E-state index is 4.41. The van der Waals surface area contributed by atoms with Crippen LogP contribution in [0.1, 0.15) is 4.88 Å². The molecule has 0 aliphatic rings. The maximum absolute atomic E-state index is 4.41. The van der Waals surface area contributed by atoms with E-state index in [0.29, 0.717) is 0 Å². The lowest BCUT2D eigenvalue weighted by Crippen LogP contribution is -2.13. The highest BCUT2D eigenvalue weighted by Crippen LogP contribution is 2.28. The zero-order valence-corrected chi connectivity index (χ0v) is 11.8. The van der Waals surface area contributed by atoms with Gasteiger partial charge < -0.3 is 5.32 Å². The Hall–Kier alpha value is -0.490. The third kappa shape index (κ3) is 3.25. The monoisotopic (exact) mass is 314 g/mol. The first kappa shape index (κ1) is 12.0. The smallest absolute Gasteiger partial charge is 0.133 e. The average Bonchev–Trinajstić information content (AvgIpc) is 2.85. The van der Waals surface area contributed by atoms with Crippen LogP contribution in [0.15, 0.2) is 34.8 Å². The van der Waals surface area contributed by atoms with E-state index in [2.05, 4.69) is 44.3 Å². The molecule has 2 rings (SSSR count). The van der Waals surface area contributed by atoms with E-state index in [4.69, 9.17) is 0 Å². The van der Waals surface area contributed by atoms with Gasteiger partial charge in [0.15, 0.2) is 0 Å². The van der Waals surface area contributed by atoms with Crippen molar-refractivity contribution in [3.8, 4) is 9.88 Å². The second-order valence-corrected chi connectivity index (χ2v) is 6.41. The molecule has 2 nitrogen and oxygen atoms in total. The predicted octanol–water partition coefficient (Wildman–Crippen LogP) is 3.87. The van der Waals surface area contributed by atoms with Gasteiger partial charge >= 0.3 is 0 Å². The van der Waals surface area contributed by atoms with Crippen LogP contribution in [0, 0.1) is 0 Å². The number of nitrogens with zero attached hydrogens (tertiary/aromatic N) is 1. The summed E-state index contributed by atoms with van der Waals surface area (Å²) in [5.74, 6) is 0. The Balaban J connectivity index is 1.95. The third-order valence-corrected chi connectivity index (χ3v) is 4.22. The minimum atomic E-state index is 0.784. The molecule has 0 saturated heterocycles. The van der Waals surface area contributed by atoms with E-state index in [1.807, 2.05) is 12.3 Å². The topological polar surface area (TPSA) is 24.9 Å². The third-order valence-electron chi connectivity index (χ3n) is 1.90. The maximum Gasteiger partial charge on any atom is 0.133 e. The molecule has 2 heterocycles. The first-order chi connectivity index (χ1) is 7.75. The summed E-state index contributed by atoms with van der Waals surface area (Å²) < 4.78 is 0.968. The van der Waals surface area contributed by atoms with E-state index < -0.39 is 0 Å². The van der Waals surface area contributed by atoms with Gasteiger partial charge in [0.1, 0.15) is 5.01 Å². The van der Waals surface area contributed by atoms with E-state index in [-0.39, 0.29) is 0 Å². The average molecular weight is 315 g/mol. The number of hydrogen-bond donors (Lipinski definition) is 1. The predicted molar refractivity (Wildman–Crippen MR) is 75.2 cm³/mol. The lowest BCUT2D eigenvalue weighted by molar-refractivity contribution is 0.766. The molecule has 2 aromatic heterocycles. The van der Waals surface area contributed by atoms with Crippen LogP contribution in [-0.2, 0) is 6.54 Å². The van der Waals surface area contributed by atoms with Crippen molar-refractivity contribution in [1.82, 2.24) is 10.3 Å². The SMILES string of the molecule is C=C(Br)CNCc1cnc(-c2cccs2)s1. The number of thiazole rings is 1. The Kier molecular flexibility index (Phi) is 4.29. The van der Waals surface area contributed by atoms with Crippen LogP contribution in [0.2, 0.25) is 0 Å². The highest BCUT2D eigenvalue weighted by Gasteiger charge is 2.04. The quantitative estimate of drug-likeness (QED) is 0.906. The molecule has 2 aromatic rings. The van der Waals surface area contributed by atoms with Gasteiger partial charge in [0.2, 0.25) is 0 Å². The molecule has 0 bridgehead atoms. The van der Waals surface area contributed by atoms with Crippen LogP contribution in [0.3, 0.4) is 0 Å². The molecule has 0 fully saturated rings. The van der Waals surface area contributed by atoms with Crippen LogP contribution in [0.5, 0.6) is 0 Å². The minimum Gasteiger partial charge on any atom is -0.307 e. The van der Waals surface area contributed by atoms with Crippen LogP contribution in [-0.4, -0.2) is 11.5 Å². The summed E-state index contributed by atoms with van der Waals surface area (Å²) >= 11 is 6.78. The first-order valence-corrected chi connectivity index (χ1v) is 7.27. The van der Waals surface area contributed by atoms with Crippen LogP contribution >= 0.6 is 38.6 Å². The summed E-state index contributed by atoms with van der Waals surface area (Å²) in [6, 6.07) is 4.15. The minimum absolute atomic E-state index is 0.784. The number of nitrogens with one attached hydrogen (secondary N) is 1. The standard InChI is InChI=1S/C11H11BrN2S2/c1-8(12)5-13-6-9-7-14-11(16-9)10-3-2-4-15-10/h2-4,7,13H,1,5-6H2. The van der Waals surface area contributed by atoms with Crippen molar-refractivity contribution < 1.29 is 0 Å². The van der Waals surface area contributed by atoms with Crippen molar-refractivity contribution in [1.29, 1.82) is 0 Å². The van der Waals surface area contributed by atoms with Crippen molar-refractivity contribution in [3.63, 3.8) is 0 Å². The Morgan fingerprint density at radius 1 is 1.56 bits per heavy atom. The summed E-state index contributed by atoms with van der Waals surface area (Å²) in [4.78, 5) is 6.90. The Morgan fingerprint density at radius 2 is 2.44 bits per heavy atom. The van der Waals surface area contributed by atoms with Crippen molar-refractivity contribution >= 4 is 38.6 Å². The van der Waals surface area contributed by atoms with Crippen molar-refractivity contribution in [2.24, 2.45) is 0 Å². The molecular weight excluding hydrogens is 304 g/mol. The van der Waals surface area contributed by atoms with E-state index in [9.17, 15) is 0 Å². The Bertz CT molecular complexity index is 462. The van der Waals surface area contributed by atoms with E-state index in [1.54, 1.807) is 22.7 Å². The van der Waals surface area contributed by atoms with Crippen molar-refractivity contribution in [2.45, 2.75) is 6.54 Å². The van der Waals surface area contributed by atoms with Crippen LogP contribution < -0.4 is 5.32 Å². The zero-order valence-electron chi connectivity index (χ0n) is 8.57. The van der Waals surface area contributed by atoms with Crippen LogP contribution in [0.25, 0.3) is 9.88 Å². The largest absolute Gasteiger partial charge is 0.307 e. The van der Waals surface area contributed by atoms with Crippen molar-refractivity contribution in [3.05, 3.63) is 39.6 Å². The van der Waals surface area contributed by atoms with Gasteiger partial charge in [-0.2, -0.15) is 0 Å². The van der Waals surface area contributed by atoms with Gasteiger partial charge in [-0.05, 0) is 11.4 Å². The number of thiophene rings is 1. The first-order valence-electron chi connectivity index (χ1n) is 4.78.